The largest absolute Gasteiger partial charge is 0.504 e. The second-order valence-corrected chi connectivity index (χ2v) is 6.21. The third kappa shape index (κ3) is 7.74. The van der Waals surface area contributed by atoms with E-state index in [0.29, 0.717) is 0 Å². The lowest BCUT2D eigenvalue weighted by Gasteiger charge is -2.08. The molecule has 0 bridgehead atoms. The summed E-state index contributed by atoms with van der Waals surface area (Å²) in [4.78, 5) is 13.6. The molecule has 0 unspecified atom stereocenters. The molecule has 1 aromatic heterocycles. The first-order chi connectivity index (χ1) is 11.4. The number of thiazole rings is 1. The van der Waals surface area contributed by atoms with Crippen molar-refractivity contribution >= 4 is 29.5 Å². The van der Waals surface area contributed by atoms with Crippen LogP contribution in [0.15, 0.2) is 52.7 Å². The Morgan fingerprint density at radius 3 is 2.67 bits per heavy atom. The number of carbonyl (C=O) groups is 1. The maximum Gasteiger partial charge on any atom is 0.300 e. The lowest BCUT2D eigenvalue weighted by Crippen LogP contribution is -1.91. The molecule has 1 aliphatic rings. The van der Waals surface area contributed by atoms with Gasteiger partial charge in [0.25, 0.3) is 5.97 Å². The van der Waals surface area contributed by atoms with Crippen LogP contribution in [-0.2, 0) is 9.53 Å². The van der Waals surface area contributed by atoms with Crippen LogP contribution in [0.3, 0.4) is 0 Å². The fraction of sp³-hybridized carbons (Fsp3) is 0.263. The van der Waals surface area contributed by atoms with E-state index in [2.05, 4.69) is 54.6 Å². The predicted octanol–water partition coefficient (Wildman–Crippen LogP) is 5.09. The molecule has 0 radical (unpaired) electrons. The van der Waals surface area contributed by atoms with Crippen LogP contribution >= 0.6 is 11.3 Å². The van der Waals surface area contributed by atoms with Gasteiger partial charge < -0.3 is 9.84 Å². The summed E-state index contributed by atoms with van der Waals surface area (Å²) in [5.41, 5.74) is 4.62. The first-order valence-electron chi connectivity index (χ1n) is 7.49. The molecule has 0 spiro atoms. The van der Waals surface area contributed by atoms with Crippen molar-refractivity contribution in [2.45, 2.75) is 27.2 Å². The number of carboxylic acid groups (broad SMARTS) is 1. The van der Waals surface area contributed by atoms with Crippen LogP contribution in [-0.4, -0.2) is 23.2 Å². The van der Waals surface area contributed by atoms with Crippen molar-refractivity contribution in [3.63, 3.8) is 0 Å². The van der Waals surface area contributed by atoms with Crippen molar-refractivity contribution in [2.75, 3.05) is 7.11 Å². The van der Waals surface area contributed by atoms with Crippen molar-refractivity contribution in [1.82, 2.24) is 4.98 Å². The van der Waals surface area contributed by atoms with Gasteiger partial charge in [0.1, 0.15) is 5.01 Å². The second kappa shape index (κ2) is 10.4. The Morgan fingerprint density at radius 2 is 2.04 bits per heavy atom. The quantitative estimate of drug-likeness (QED) is 0.772. The van der Waals surface area contributed by atoms with Gasteiger partial charge in [0.2, 0.25) is 0 Å². The van der Waals surface area contributed by atoms with Gasteiger partial charge in [-0.25, -0.2) is 4.98 Å². The molecule has 0 atom stereocenters. The van der Waals surface area contributed by atoms with E-state index < -0.39 is 5.97 Å². The summed E-state index contributed by atoms with van der Waals surface area (Å²) in [6.07, 6.45) is 15.2. The monoisotopic (exact) mass is 345 g/mol. The Bertz CT molecular complexity index is 698. The molecule has 1 aliphatic carbocycles. The molecule has 0 saturated heterocycles. The first-order valence-corrected chi connectivity index (χ1v) is 8.37. The van der Waals surface area contributed by atoms with Crippen LogP contribution in [0.2, 0.25) is 0 Å². The maximum absolute atomic E-state index is 9.00. The van der Waals surface area contributed by atoms with E-state index >= 15 is 0 Å². The van der Waals surface area contributed by atoms with Crippen molar-refractivity contribution in [1.29, 1.82) is 0 Å². The van der Waals surface area contributed by atoms with E-state index in [1.165, 1.54) is 16.7 Å². The van der Waals surface area contributed by atoms with Gasteiger partial charge in [0.15, 0.2) is 0 Å². The summed E-state index contributed by atoms with van der Waals surface area (Å²) in [5.74, 6) is -0.833. The van der Waals surface area contributed by atoms with Gasteiger partial charge >= 0.3 is 0 Å². The van der Waals surface area contributed by atoms with Gasteiger partial charge in [-0.2, -0.15) is 0 Å². The molecule has 24 heavy (non-hydrogen) atoms. The minimum atomic E-state index is -0.833. The van der Waals surface area contributed by atoms with Gasteiger partial charge in [-0.3, -0.25) is 4.79 Å². The Kier molecular flexibility index (Phi) is 8.50. The summed E-state index contributed by atoms with van der Waals surface area (Å²) in [5, 5.41) is 10.5. The number of aromatic nitrogens is 1. The Morgan fingerprint density at radius 1 is 1.33 bits per heavy atom. The number of ether oxygens (including phenoxy) is 1. The highest BCUT2D eigenvalue weighted by molar-refractivity contribution is 7.10. The highest BCUT2D eigenvalue weighted by Crippen LogP contribution is 2.22. The number of allylic oxidation sites excluding steroid dienone is 7. The molecule has 0 aliphatic heterocycles. The number of aliphatic carboxylic acids is 1. The van der Waals surface area contributed by atoms with E-state index in [-0.39, 0.29) is 0 Å². The normalized spacial score (nSPS) is 14.8. The van der Waals surface area contributed by atoms with Crippen LogP contribution in [0.5, 0.6) is 0 Å². The van der Waals surface area contributed by atoms with E-state index in [0.717, 1.165) is 24.0 Å². The molecule has 2 rings (SSSR count). The van der Waals surface area contributed by atoms with Crippen molar-refractivity contribution < 1.29 is 14.6 Å². The summed E-state index contributed by atoms with van der Waals surface area (Å²) in [7, 11) is 1.68. The van der Waals surface area contributed by atoms with Crippen molar-refractivity contribution in [3.8, 4) is 0 Å². The molecule has 5 heteroatoms. The number of nitrogens with zero attached hydrogens (tertiary/aromatic N) is 1. The van der Waals surface area contributed by atoms with Crippen LogP contribution in [0.4, 0.5) is 0 Å². The highest BCUT2D eigenvalue weighted by Gasteiger charge is 2.04. The summed E-state index contributed by atoms with van der Waals surface area (Å²) in [6.45, 7) is 5.25. The third-order valence-electron chi connectivity index (χ3n) is 2.77. The van der Waals surface area contributed by atoms with Crippen molar-refractivity contribution in [3.05, 3.63) is 63.4 Å². The van der Waals surface area contributed by atoms with Gasteiger partial charge in [-0.1, -0.05) is 29.9 Å². The zero-order valence-corrected chi connectivity index (χ0v) is 15.3. The minimum absolute atomic E-state index is 0.833. The van der Waals surface area contributed by atoms with Gasteiger partial charge in [0.05, 0.1) is 19.1 Å². The number of rotatable bonds is 4. The minimum Gasteiger partial charge on any atom is -0.504 e. The molecular formula is C19H23NO3S. The molecule has 1 aromatic rings. The average Bonchev–Trinajstić information content (AvgIpc) is 2.93. The van der Waals surface area contributed by atoms with Crippen LogP contribution in [0.1, 0.15) is 37.9 Å². The predicted molar refractivity (Wildman–Crippen MR) is 101 cm³/mol. The molecule has 128 valence electrons. The van der Waals surface area contributed by atoms with Gasteiger partial charge in [-0.05, 0) is 43.6 Å². The molecule has 0 fully saturated rings. The zero-order valence-electron chi connectivity index (χ0n) is 14.4. The Hall–Kier alpha value is -2.40. The average molecular weight is 345 g/mol. The Balaban J connectivity index is 0.000000648. The topological polar surface area (TPSA) is 59.4 Å². The van der Waals surface area contributed by atoms with E-state index in [9.17, 15) is 0 Å². The lowest BCUT2D eigenvalue weighted by molar-refractivity contribution is -0.134. The van der Waals surface area contributed by atoms with Crippen molar-refractivity contribution in [2.24, 2.45) is 0 Å². The fourth-order valence-corrected chi connectivity index (χ4v) is 2.71. The molecule has 0 aromatic carbocycles. The smallest absolute Gasteiger partial charge is 0.300 e. The summed E-state index contributed by atoms with van der Waals surface area (Å²) in [6, 6.07) is 0. The fourth-order valence-electron chi connectivity index (χ4n) is 1.88. The molecular weight excluding hydrogens is 322 g/mol. The summed E-state index contributed by atoms with van der Waals surface area (Å²) < 4.78 is 5.12. The van der Waals surface area contributed by atoms with Gasteiger partial charge in [-0.15, -0.1) is 11.3 Å². The number of carboxylic acids is 1. The van der Waals surface area contributed by atoms with Gasteiger partial charge in [0, 0.05) is 12.3 Å². The number of methoxy groups -OCH3 is 1. The first kappa shape index (κ1) is 19.6. The maximum atomic E-state index is 9.00. The standard InChI is InChI=1S/C17H19NOS.C2H4O2/c1-13(2)10-17-18-16(12-20-17)9-8-14-6-4-5-7-15(14)11-19-3;1-2(3)4/h4-6,8-12H,7H2,1-3H3;1H3,(H,3,4)/b9-8?,15-11-;. The summed E-state index contributed by atoms with van der Waals surface area (Å²) >= 11 is 1.66. The molecule has 0 saturated carbocycles. The molecule has 1 heterocycles. The highest BCUT2D eigenvalue weighted by atomic mass is 32.1. The Labute approximate surface area is 147 Å². The second-order valence-electron chi connectivity index (χ2n) is 5.32. The third-order valence-corrected chi connectivity index (χ3v) is 3.58. The molecule has 4 nitrogen and oxygen atoms in total. The molecule has 0 amide bonds. The number of hydrogen-bond donors (Lipinski definition) is 1. The number of hydrogen-bond acceptors (Lipinski definition) is 4. The van der Waals surface area contributed by atoms with Crippen LogP contribution < -0.4 is 0 Å². The molecule has 1 N–H and O–H groups in total. The van der Waals surface area contributed by atoms with Crippen LogP contribution in [0, 0.1) is 0 Å². The SMILES string of the molecule is CC(=O)O.CO/C=C1/CC=CC=C1C=Cc1csc(C=C(C)C)n1. The lowest BCUT2D eigenvalue weighted by atomic mass is 9.99. The zero-order chi connectivity index (χ0) is 17.9. The van der Waals surface area contributed by atoms with E-state index in [1.807, 2.05) is 6.08 Å². The van der Waals surface area contributed by atoms with E-state index in [1.54, 1.807) is 24.7 Å². The van der Waals surface area contributed by atoms with E-state index in [4.69, 9.17) is 14.6 Å². The van der Waals surface area contributed by atoms with Crippen LogP contribution in [0.25, 0.3) is 12.2 Å².